The number of ether oxygens (including phenoxy) is 1. The molecule has 7 heteroatoms. The van der Waals surface area contributed by atoms with Gasteiger partial charge in [0.1, 0.15) is 0 Å². The van der Waals surface area contributed by atoms with Crippen LogP contribution in [0.3, 0.4) is 0 Å². The lowest BCUT2D eigenvalue weighted by Gasteiger charge is -2.31. The van der Waals surface area contributed by atoms with Gasteiger partial charge in [-0.2, -0.15) is 17.4 Å². The maximum atomic E-state index is 12.1. The van der Waals surface area contributed by atoms with E-state index in [1.165, 1.54) is 4.31 Å². The Labute approximate surface area is 115 Å². The van der Waals surface area contributed by atoms with Crippen molar-refractivity contribution in [3.05, 3.63) is 0 Å². The van der Waals surface area contributed by atoms with Crippen molar-refractivity contribution >= 4 is 16.2 Å². The maximum absolute atomic E-state index is 12.1. The van der Waals surface area contributed by atoms with E-state index >= 15 is 0 Å². The number of nitrogens with one attached hydrogen (secondary N) is 1. The highest BCUT2D eigenvalue weighted by Gasteiger charge is 2.33. The standard InChI is InChI=1S/C12H24N2O4S/c1-4-10(3)13-19(16,17)14-8-6-7-11(9-14)12(15)18-5-2/h10-11,13H,4-9H2,1-3H3. The van der Waals surface area contributed by atoms with Gasteiger partial charge in [0.2, 0.25) is 0 Å². The molecule has 0 aromatic carbocycles. The zero-order chi connectivity index (χ0) is 14.5. The SMILES string of the molecule is CCOC(=O)C1CCCN(S(=O)(=O)NC(C)CC)C1. The van der Waals surface area contributed by atoms with Crippen LogP contribution < -0.4 is 4.72 Å². The number of hydrogen-bond acceptors (Lipinski definition) is 4. The molecule has 2 atom stereocenters. The van der Waals surface area contributed by atoms with Crippen molar-refractivity contribution in [3.8, 4) is 0 Å². The average molecular weight is 292 g/mol. The zero-order valence-corrected chi connectivity index (χ0v) is 12.7. The van der Waals surface area contributed by atoms with Crippen LogP contribution in [-0.4, -0.2) is 44.4 Å². The molecule has 1 N–H and O–H groups in total. The Kier molecular flexibility index (Phi) is 6.22. The first-order valence-electron chi connectivity index (χ1n) is 6.84. The highest BCUT2D eigenvalue weighted by Crippen LogP contribution is 2.20. The van der Waals surface area contributed by atoms with Gasteiger partial charge in [-0.1, -0.05) is 6.92 Å². The van der Waals surface area contributed by atoms with Gasteiger partial charge in [0.05, 0.1) is 12.5 Å². The molecule has 1 rings (SSSR count). The fourth-order valence-electron chi connectivity index (χ4n) is 2.03. The number of nitrogens with zero attached hydrogens (tertiary/aromatic N) is 1. The van der Waals surface area contributed by atoms with Gasteiger partial charge in [-0.25, -0.2) is 0 Å². The molecule has 1 aliphatic rings. The molecule has 0 bridgehead atoms. The van der Waals surface area contributed by atoms with E-state index in [1.54, 1.807) is 6.92 Å². The summed E-state index contributed by atoms with van der Waals surface area (Å²) in [6, 6.07) is -0.104. The molecule has 0 saturated carbocycles. The van der Waals surface area contributed by atoms with Crippen LogP contribution in [0.25, 0.3) is 0 Å². The van der Waals surface area contributed by atoms with Gasteiger partial charge in [-0.15, -0.1) is 0 Å². The first-order valence-corrected chi connectivity index (χ1v) is 8.28. The molecule has 1 saturated heterocycles. The normalized spacial score (nSPS) is 23.0. The van der Waals surface area contributed by atoms with Crippen molar-refractivity contribution in [2.24, 2.45) is 5.92 Å². The second-order valence-corrected chi connectivity index (χ2v) is 6.58. The Hall–Kier alpha value is -0.660. The van der Waals surface area contributed by atoms with Crippen molar-refractivity contribution in [2.45, 2.75) is 46.1 Å². The third-order valence-electron chi connectivity index (χ3n) is 3.31. The van der Waals surface area contributed by atoms with Gasteiger partial charge in [0.15, 0.2) is 0 Å². The number of rotatable bonds is 6. The molecule has 0 aliphatic carbocycles. The van der Waals surface area contributed by atoms with E-state index in [2.05, 4.69) is 4.72 Å². The lowest BCUT2D eigenvalue weighted by atomic mass is 10.0. The Bertz CT molecular complexity index is 397. The first-order chi connectivity index (χ1) is 8.90. The quantitative estimate of drug-likeness (QED) is 0.738. The van der Waals surface area contributed by atoms with Gasteiger partial charge in [0, 0.05) is 19.1 Å². The van der Waals surface area contributed by atoms with Crippen LogP contribution in [0.2, 0.25) is 0 Å². The molecule has 0 aromatic heterocycles. The summed E-state index contributed by atoms with van der Waals surface area (Å²) in [6.07, 6.45) is 2.10. The topological polar surface area (TPSA) is 75.7 Å². The summed E-state index contributed by atoms with van der Waals surface area (Å²) in [4.78, 5) is 11.7. The molecular formula is C12H24N2O4S. The molecule has 1 fully saturated rings. The predicted octanol–water partition coefficient (Wildman–Crippen LogP) is 0.894. The summed E-state index contributed by atoms with van der Waals surface area (Å²) < 4.78 is 33.2. The fraction of sp³-hybridized carbons (Fsp3) is 0.917. The number of esters is 1. The van der Waals surface area contributed by atoms with Crippen LogP contribution in [0, 0.1) is 5.92 Å². The number of carbonyl (C=O) groups is 1. The third kappa shape index (κ3) is 4.74. The summed E-state index contributed by atoms with van der Waals surface area (Å²) in [6.45, 7) is 6.49. The van der Waals surface area contributed by atoms with Crippen molar-refractivity contribution < 1.29 is 17.9 Å². The monoisotopic (exact) mass is 292 g/mol. The van der Waals surface area contributed by atoms with E-state index in [0.29, 0.717) is 26.0 Å². The maximum Gasteiger partial charge on any atom is 0.310 e. The minimum atomic E-state index is -3.50. The van der Waals surface area contributed by atoms with E-state index in [0.717, 1.165) is 6.42 Å². The van der Waals surface area contributed by atoms with Crippen LogP contribution in [-0.2, 0) is 19.7 Å². The third-order valence-corrected chi connectivity index (χ3v) is 5.02. The molecule has 112 valence electrons. The first kappa shape index (κ1) is 16.4. The molecule has 1 heterocycles. The molecule has 6 nitrogen and oxygen atoms in total. The molecule has 0 radical (unpaired) electrons. The van der Waals surface area contributed by atoms with Crippen LogP contribution in [0.5, 0.6) is 0 Å². The number of carbonyl (C=O) groups excluding carboxylic acids is 1. The van der Waals surface area contributed by atoms with Crippen molar-refractivity contribution in [1.29, 1.82) is 0 Å². The molecule has 0 amide bonds. The number of hydrogen-bond donors (Lipinski definition) is 1. The second kappa shape index (κ2) is 7.21. The van der Waals surface area contributed by atoms with E-state index in [9.17, 15) is 13.2 Å². The summed E-state index contributed by atoms with van der Waals surface area (Å²) in [5, 5.41) is 0. The molecule has 0 aromatic rings. The average Bonchev–Trinajstić information content (AvgIpc) is 2.38. The van der Waals surface area contributed by atoms with Crippen molar-refractivity contribution in [3.63, 3.8) is 0 Å². The van der Waals surface area contributed by atoms with Gasteiger partial charge in [-0.3, -0.25) is 4.79 Å². The highest BCUT2D eigenvalue weighted by atomic mass is 32.2. The fourth-order valence-corrected chi connectivity index (χ4v) is 3.60. The summed E-state index contributed by atoms with van der Waals surface area (Å²) in [7, 11) is -3.50. The largest absolute Gasteiger partial charge is 0.466 e. The molecular weight excluding hydrogens is 268 g/mol. The van der Waals surface area contributed by atoms with Gasteiger partial charge >= 0.3 is 5.97 Å². The summed E-state index contributed by atoms with van der Waals surface area (Å²) in [5.74, 6) is -0.645. The van der Waals surface area contributed by atoms with E-state index in [-0.39, 0.29) is 24.5 Å². The van der Waals surface area contributed by atoms with E-state index in [1.807, 2.05) is 13.8 Å². The number of piperidine rings is 1. The Morgan fingerprint density at radius 2 is 2.16 bits per heavy atom. The van der Waals surface area contributed by atoms with Crippen molar-refractivity contribution in [1.82, 2.24) is 9.03 Å². The lowest BCUT2D eigenvalue weighted by molar-refractivity contribution is -0.149. The van der Waals surface area contributed by atoms with Crippen LogP contribution in [0.15, 0.2) is 0 Å². The van der Waals surface area contributed by atoms with Crippen molar-refractivity contribution in [2.75, 3.05) is 19.7 Å². The summed E-state index contributed by atoms with van der Waals surface area (Å²) >= 11 is 0. The predicted molar refractivity (Wildman–Crippen MR) is 72.7 cm³/mol. The minimum absolute atomic E-state index is 0.104. The van der Waals surface area contributed by atoms with Crippen LogP contribution >= 0.6 is 0 Å². The zero-order valence-electron chi connectivity index (χ0n) is 11.9. The van der Waals surface area contributed by atoms with E-state index in [4.69, 9.17) is 4.74 Å². The molecule has 1 aliphatic heterocycles. The molecule has 19 heavy (non-hydrogen) atoms. The smallest absolute Gasteiger partial charge is 0.310 e. The van der Waals surface area contributed by atoms with E-state index < -0.39 is 10.2 Å². The Morgan fingerprint density at radius 3 is 2.74 bits per heavy atom. The molecule has 0 spiro atoms. The Morgan fingerprint density at radius 1 is 1.47 bits per heavy atom. The van der Waals surface area contributed by atoms with Crippen LogP contribution in [0.4, 0.5) is 0 Å². The molecule has 2 unspecified atom stereocenters. The van der Waals surface area contributed by atoms with Gasteiger partial charge in [0.25, 0.3) is 10.2 Å². The highest BCUT2D eigenvalue weighted by molar-refractivity contribution is 7.87. The Balaban J connectivity index is 2.66. The van der Waals surface area contributed by atoms with Gasteiger partial charge in [-0.05, 0) is 33.1 Å². The second-order valence-electron chi connectivity index (χ2n) is 4.88. The minimum Gasteiger partial charge on any atom is -0.466 e. The van der Waals surface area contributed by atoms with Gasteiger partial charge < -0.3 is 4.74 Å². The summed E-state index contributed by atoms with van der Waals surface area (Å²) in [5.41, 5.74) is 0. The lowest BCUT2D eigenvalue weighted by Crippen LogP contribution is -2.49. The van der Waals surface area contributed by atoms with Crippen LogP contribution in [0.1, 0.15) is 40.0 Å².